The van der Waals surface area contributed by atoms with Crippen molar-refractivity contribution in [1.29, 1.82) is 0 Å². The quantitative estimate of drug-likeness (QED) is 0.441. The van der Waals surface area contributed by atoms with Crippen molar-refractivity contribution in [1.82, 2.24) is 14.9 Å². The van der Waals surface area contributed by atoms with Crippen molar-refractivity contribution in [2.24, 2.45) is 0 Å². The van der Waals surface area contributed by atoms with E-state index in [-0.39, 0.29) is 18.5 Å². The highest BCUT2D eigenvalue weighted by atomic mass is 19.1. The van der Waals surface area contributed by atoms with Gasteiger partial charge >= 0.3 is 6.09 Å². The van der Waals surface area contributed by atoms with E-state index >= 15 is 0 Å². The van der Waals surface area contributed by atoms with Crippen molar-refractivity contribution >= 4 is 11.7 Å². The number of H-pyrrole nitrogens is 1. The van der Waals surface area contributed by atoms with Crippen molar-refractivity contribution in [3.63, 3.8) is 0 Å². The number of ether oxygens (including phenoxy) is 1. The van der Waals surface area contributed by atoms with Crippen LogP contribution in [-0.4, -0.2) is 40.7 Å². The highest BCUT2D eigenvalue weighted by Crippen LogP contribution is 2.39. The Labute approximate surface area is 178 Å². The number of nitrogens with zero attached hydrogens (tertiary/aromatic N) is 2. The molecule has 1 amide bonds. The van der Waals surface area contributed by atoms with Gasteiger partial charge in [0.15, 0.2) is 0 Å². The van der Waals surface area contributed by atoms with Crippen molar-refractivity contribution in [3.05, 3.63) is 84.9 Å². The molecule has 0 radical (unpaired) electrons. The predicted molar refractivity (Wildman–Crippen MR) is 115 cm³/mol. The maximum Gasteiger partial charge on any atom is 0.410 e. The van der Waals surface area contributed by atoms with Crippen LogP contribution in [0.2, 0.25) is 0 Å². The standard InChI is InChI=1S/C24H21F2N3O2/c1-2-13-31-24(30)29-11-8-16(9-12-29)20-15-28-23(17-3-5-19(25)6-4-17)22(20)18-7-10-27-21(26)14-18/h2-8,10,14-15,28H,1,9,11-13H2. The molecule has 158 valence electrons. The Morgan fingerprint density at radius 2 is 2.03 bits per heavy atom. The highest BCUT2D eigenvalue weighted by molar-refractivity contribution is 5.91. The third kappa shape index (κ3) is 4.40. The van der Waals surface area contributed by atoms with Crippen molar-refractivity contribution < 1.29 is 18.3 Å². The lowest BCUT2D eigenvalue weighted by atomic mass is 9.92. The molecule has 2 aromatic heterocycles. The Morgan fingerprint density at radius 3 is 2.71 bits per heavy atom. The fraction of sp³-hybridized carbons (Fsp3) is 0.167. The fourth-order valence-electron chi connectivity index (χ4n) is 3.68. The Hall–Kier alpha value is -3.74. The third-order valence-electron chi connectivity index (χ3n) is 5.17. The van der Waals surface area contributed by atoms with E-state index in [2.05, 4.69) is 16.5 Å². The number of benzene rings is 1. The van der Waals surface area contributed by atoms with Gasteiger partial charge in [0.1, 0.15) is 12.4 Å². The minimum atomic E-state index is -0.580. The van der Waals surface area contributed by atoms with Gasteiger partial charge in [-0.1, -0.05) is 18.7 Å². The van der Waals surface area contributed by atoms with Crippen LogP contribution in [0.4, 0.5) is 13.6 Å². The Bertz CT molecular complexity index is 1140. The summed E-state index contributed by atoms with van der Waals surface area (Å²) in [4.78, 5) is 20.6. The van der Waals surface area contributed by atoms with E-state index < -0.39 is 5.95 Å². The Kier molecular flexibility index (Phi) is 5.93. The number of amides is 1. The van der Waals surface area contributed by atoms with Crippen LogP contribution < -0.4 is 0 Å². The molecule has 0 fully saturated rings. The number of carbonyl (C=O) groups excluding carboxylic acids is 1. The summed E-state index contributed by atoms with van der Waals surface area (Å²) in [6, 6.07) is 9.25. The van der Waals surface area contributed by atoms with Crippen LogP contribution >= 0.6 is 0 Å². The van der Waals surface area contributed by atoms with Gasteiger partial charge in [0, 0.05) is 42.7 Å². The average molecular weight is 421 g/mol. The first-order valence-electron chi connectivity index (χ1n) is 9.88. The second-order valence-corrected chi connectivity index (χ2v) is 7.12. The molecule has 1 aliphatic rings. The van der Waals surface area contributed by atoms with Gasteiger partial charge < -0.3 is 14.6 Å². The van der Waals surface area contributed by atoms with Gasteiger partial charge in [-0.2, -0.15) is 4.39 Å². The van der Waals surface area contributed by atoms with E-state index in [1.165, 1.54) is 30.5 Å². The van der Waals surface area contributed by atoms with Crippen LogP contribution in [0.25, 0.3) is 28.0 Å². The Morgan fingerprint density at radius 1 is 1.23 bits per heavy atom. The lowest BCUT2D eigenvalue weighted by molar-refractivity contribution is 0.116. The first-order chi connectivity index (χ1) is 15.1. The third-order valence-corrected chi connectivity index (χ3v) is 5.17. The normalized spacial score (nSPS) is 13.6. The molecular weight excluding hydrogens is 400 g/mol. The molecule has 3 aromatic rings. The molecular formula is C24H21F2N3O2. The number of hydrogen-bond acceptors (Lipinski definition) is 3. The highest BCUT2D eigenvalue weighted by Gasteiger charge is 2.23. The molecule has 4 rings (SSSR count). The summed E-state index contributed by atoms with van der Waals surface area (Å²) in [6.45, 7) is 4.62. The first kappa shape index (κ1) is 20.5. The molecule has 0 spiro atoms. The summed E-state index contributed by atoms with van der Waals surface area (Å²) in [5.41, 5.74) is 4.95. The van der Waals surface area contributed by atoms with Gasteiger partial charge in [-0.25, -0.2) is 14.2 Å². The summed E-state index contributed by atoms with van der Waals surface area (Å²) in [5.74, 6) is -0.908. The number of hydrogen-bond donors (Lipinski definition) is 1. The SMILES string of the molecule is C=CCOC(=O)N1CC=C(c2c[nH]c(-c3ccc(F)cc3)c2-c2ccnc(F)c2)CC1. The zero-order chi connectivity index (χ0) is 21.8. The molecule has 0 atom stereocenters. The minimum Gasteiger partial charge on any atom is -0.445 e. The van der Waals surface area contributed by atoms with E-state index in [0.29, 0.717) is 25.1 Å². The summed E-state index contributed by atoms with van der Waals surface area (Å²) >= 11 is 0. The van der Waals surface area contributed by atoms with Gasteiger partial charge in [0.25, 0.3) is 0 Å². The lowest BCUT2D eigenvalue weighted by Crippen LogP contribution is -2.35. The molecule has 0 unspecified atom stereocenters. The van der Waals surface area contributed by atoms with Gasteiger partial charge in [-0.05, 0) is 53.5 Å². The molecule has 1 aromatic carbocycles. The lowest BCUT2D eigenvalue weighted by Gasteiger charge is -2.26. The summed E-state index contributed by atoms with van der Waals surface area (Å²) in [7, 11) is 0. The monoisotopic (exact) mass is 421 g/mol. The van der Waals surface area contributed by atoms with Crippen LogP contribution in [0.5, 0.6) is 0 Å². The number of carbonyl (C=O) groups is 1. The van der Waals surface area contributed by atoms with E-state index in [1.54, 1.807) is 23.1 Å². The number of pyridine rings is 1. The number of aromatic nitrogens is 2. The molecule has 1 aliphatic heterocycles. The van der Waals surface area contributed by atoms with E-state index in [4.69, 9.17) is 4.74 Å². The zero-order valence-electron chi connectivity index (χ0n) is 16.8. The number of halogens is 2. The molecule has 3 heterocycles. The minimum absolute atomic E-state index is 0.169. The molecule has 0 saturated heterocycles. The van der Waals surface area contributed by atoms with Crippen molar-refractivity contribution in [2.75, 3.05) is 19.7 Å². The molecule has 0 saturated carbocycles. The van der Waals surface area contributed by atoms with Crippen molar-refractivity contribution in [2.45, 2.75) is 6.42 Å². The van der Waals surface area contributed by atoms with Crippen LogP contribution in [0.15, 0.2) is 67.5 Å². The molecule has 1 N–H and O–H groups in total. The number of aromatic amines is 1. The van der Waals surface area contributed by atoms with Gasteiger partial charge in [0.2, 0.25) is 5.95 Å². The molecule has 0 bridgehead atoms. The predicted octanol–water partition coefficient (Wildman–Crippen LogP) is 5.43. The van der Waals surface area contributed by atoms with E-state index in [0.717, 1.165) is 28.0 Å². The van der Waals surface area contributed by atoms with E-state index in [9.17, 15) is 13.6 Å². The van der Waals surface area contributed by atoms with Crippen LogP contribution in [-0.2, 0) is 4.74 Å². The maximum atomic E-state index is 13.9. The van der Waals surface area contributed by atoms with Crippen LogP contribution in [0.1, 0.15) is 12.0 Å². The second-order valence-electron chi connectivity index (χ2n) is 7.12. The zero-order valence-corrected chi connectivity index (χ0v) is 16.8. The average Bonchev–Trinajstić information content (AvgIpc) is 3.23. The molecule has 31 heavy (non-hydrogen) atoms. The molecule has 5 nitrogen and oxygen atoms in total. The summed E-state index contributed by atoms with van der Waals surface area (Å²) < 4.78 is 32.4. The van der Waals surface area contributed by atoms with Gasteiger partial charge in [0.05, 0.1) is 5.69 Å². The second kappa shape index (κ2) is 8.95. The fourth-order valence-corrected chi connectivity index (χ4v) is 3.68. The van der Waals surface area contributed by atoms with Gasteiger partial charge in [-0.15, -0.1) is 0 Å². The number of nitrogens with one attached hydrogen (secondary N) is 1. The topological polar surface area (TPSA) is 58.2 Å². The smallest absolute Gasteiger partial charge is 0.410 e. The number of rotatable bonds is 5. The van der Waals surface area contributed by atoms with E-state index in [1.807, 2.05) is 12.3 Å². The van der Waals surface area contributed by atoms with Crippen LogP contribution in [0, 0.1) is 11.8 Å². The first-order valence-corrected chi connectivity index (χ1v) is 9.88. The summed E-state index contributed by atoms with van der Waals surface area (Å²) in [5, 5.41) is 0. The molecule has 7 heteroatoms. The molecule has 0 aliphatic carbocycles. The largest absolute Gasteiger partial charge is 0.445 e. The Balaban J connectivity index is 1.72. The maximum absolute atomic E-state index is 13.9. The summed E-state index contributed by atoms with van der Waals surface area (Å²) in [6.07, 6.45) is 7.02. The van der Waals surface area contributed by atoms with Crippen molar-refractivity contribution in [3.8, 4) is 22.4 Å². The van der Waals surface area contributed by atoms with Crippen LogP contribution in [0.3, 0.4) is 0 Å². The van der Waals surface area contributed by atoms with Gasteiger partial charge in [-0.3, -0.25) is 0 Å².